The van der Waals surface area contributed by atoms with E-state index in [9.17, 15) is 9.50 Å². The highest BCUT2D eigenvalue weighted by atomic mass is 19.1. The van der Waals surface area contributed by atoms with Crippen molar-refractivity contribution < 1.29 is 9.50 Å². The van der Waals surface area contributed by atoms with Gasteiger partial charge < -0.3 is 10.0 Å². The third kappa shape index (κ3) is 3.02. The van der Waals surface area contributed by atoms with Gasteiger partial charge in [-0.3, -0.25) is 0 Å². The topological polar surface area (TPSA) is 23.5 Å². The third-order valence-electron chi connectivity index (χ3n) is 3.24. The summed E-state index contributed by atoms with van der Waals surface area (Å²) in [6, 6.07) is 4.51. The van der Waals surface area contributed by atoms with Gasteiger partial charge in [-0.25, -0.2) is 4.39 Å². The molecule has 0 saturated heterocycles. The Morgan fingerprint density at radius 2 is 2.28 bits per heavy atom. The monoisotopic (exact) mass is 247 g/mol. The molecule has 1 aliphatic rings. The number of aliphatic hydroxyl groups excluding tert-OH is 1. The summed E-state index contributed by atoms with van der Waals surface area (Å²) in [5.41, 5.74) is 1.45. The van der Waals surface area contributed by atoms with Crippen LogP contribution in [0.15, 0.2) is 18.2 Å². The van der Waals surface area contributed by atoms with E-state index in [1.54, 1.807) is 13.0 Å². The molecular weight excluding hydrogens is 229 g/mol. The van der Waals surface area contributed by atoms with Gasteiger partial charge in [0, 0.05) is 17.8 Å². The van der Waals surface area contributed by atoms with Crippen LogP contribution in [-0.2, 0) is 0 Å². The summed E-state index contributed by atoms with van der Waals surface area (Å²) in [6.07, 6.45) is 7.15. The van der Waals surface area contributed by atoms with Gasteiger partial charge >= 0.3 is 0 Å². The number of hydrogen-bond donors (Lipinski definition) is 1. The summed E-state index contributed by atoms with van der Waals surface area (Å²) in [5, 5.41) is 9.75. The summed E-state index contributed by atoms with van der Waals surface area (Å²) in [5.74, 6) is 2.98. The van der Waals surface area contributed by atoms with Gasteiger partial charge in [0.2, 0.25) is 0 Å². The van der Waals surface area contributed by atoms with Crippen LogP contribution in [0.4, 0.5) is 10.1 Å². The lowest BCUT2D eigenvalue weighted by atomic mass is 10.1. The summed E-state index contributed by atoms with van der Waals surface area (Å²) in [4.78, 5) is 2.05. The van der Waals surface area contributed by atoms with Gasteiger partial charge in [0.1, 0.15) is 5.82 Å². The predicted molar refractivity (Wildman–Crippen MR) is 70.8 cm³/mol. The molecule has 1 aromatic rings. The van der Waals surface area contributed by atoms with Crippen LogP contribution in [0, 0.1) is 24.1 Å². The molecule has 0 amide bonds. The van der Waals surface area contributed by atoms with Crippen LogP contribution < -0.4 is 4.90 Å². The smallest absolute Gasteiger partial charge is 0.123 e. The summed E-state index contributed by atoms with van der Waals surface area (Å²) >= 11 is 0. The molecule has 1 aliphatic carbocycles. The highest BCUT2D eigenvalue weighted by molar-refractivity contribution is 5.55. The van der Waals surface area contributed by atoms with Crippen molar-refractivity contribution in [2.75, 3.05) is 18.0 Å². The minimum atomic E-state index is -0.699. The van der Waals surface area contributed by atoms with E-state index in [1.165, 1.54) is 25.0 Å². The highest BCUT2D eigenvalue weighted by Crippen LogP contribution is 2.34. The van der Waals surface area contributed by atoms with Gasteiger partial charge in [-0.1, -0.05) is 5.92 Å². The second-order valence-electron chi connectivity index (χ2n) is 4.91. The van der Waals surface area contributed by atoms with Gasteiger partial charge in [-0.05, 0) is 43.9 Å². The summed E-state index contributed by atoms with van der Waals surface area (Å²) in [7, 11) is 0. The molecule has 0 aliphatic heterocycles. The first kappa shape index (κ1) is 12.9. The van der Waals surface area contributed by atoms with Crippen molar-refractivity contribution in [3.05, 3.63) is 29.6 Å². The van der Waals surface area contributed by atoms with Crippen LogP contribution in [0.2, 0.25) is 0 Å². The molecule has 1 saturated carbocycles. The van der Waals surface area contributed by atoms with E-state index < -0.39 is 6.10 Å². The molecule has 0 aromatic heterocycles. The molecular formula is C15H18FNO. The standard InChI is InChI=1S/C15H18FNO/c1-3-8-17(10-12-4-5-12)15-7-6-13(16)9-14(15)11(2)18/h1,6-7,9,11-12,18H,4-5,8,10H2,2H3/t11-/m1/s1. The van der Waals surface area contributed by atoms with Gasteiger partial charge in [-0.15, -0.1) is 6.42 Å². The van der Waals surface area contributed by atoms with Crippen molar-refractivity contribution in [1.82, 2.24) is 0 Å². The molecule has 2 nitrogen and oxygen atoms in total. The molecule has 96 valence electrons. The zero-order valence-corrected chi connectivity index (χ0v) is 10.6. The van der Waals surface area contributed by atoms with Crippen LogP contribution in [-0.4, -0.2) is 18.2 Å². The van der Waals surface area contributed by atoms with E-state index in [0.717, 1.165) is 12.2 Å². The molecule has 1 fully saturated rings. The molecule has 1 aromatic carbocycles. The Hall–Kier alpha value is -1.53. The van der Waals surface area contributed by atoms with Crippen LogP contribution in [0.25, 0.3) is 0 Å². The van der Waals surface area contributed by atoms with Crippen LogP contribution in [0.3, 0.4) is 0 Å². The first-order chi connectivity index (χ1) is 8.61. The molecule has 1 N–H and O–H groups in total. The molecule has 0 bridgehead atoms. The molecule has 0 spiro atoms. The van der Waals surface area contributed by atoms with E-state index in [1.807, 2.05) is 0 Å². The van der Waals surface area contributed by atoms with E-state index in [-0.39, 0.29) is 5.82 Å². The maximum absolute atomic E-state index is 13.3. The van der Waals surface area contributed by atoms with Gasteiger partial charge in [0.05, 0.1) is 12.6 Å². The average molecular weight is 247 g/mol. The molecule has 0 heterocycles. The molecule has 3 heteroatoms. The fraction of sp³-hybridized carbons (Fsp3) is 0.467. The minimum absolute atomic E-state index is 0.332. The Labute approximate surface area is 107 Å². The Morgan fingerprint density at radius 3 is 2.83 bits per heavy atom. The fourth-order valence-corrected chi connectivity index (χ4v) is 2.12. The maximum Gasteiger partial charge on any atom is 0.123 e. The van der Waals surface area contributed by atoms with Crippen molar-refractivity contribution in [3.63, 3.8) is 0 Å². The SMILES string of the molecule is C#CCN(CC1CC1)c1ccc(F)cc1[C@@H](C)O. The van der Waals surface area contributed by atoms with E-state index >= 15 is 0 Å². The largest absolute Gasteiger partial charge is 0.389 e. The fourth-order valence-electron chi connectivity index (χ4n) is 2.12. The molecule has 1 atom stereocenters. The molecule has 2 rings (SSSR count). The number of terminal acetylenes is 1. The Morgan fingerprint density at radius 1 is 1.56 bits per heavy atom. The van der Waals surface area contributed by atoms with Gasteiger partial charge in [0.25, 0.3) is 0 Å². The third-order valence-corrected chi connectivity index (χ3v) is 3.24. The maximum atomic E-state index is 13.3. The highest BCUT2D eigenvalue weighted by Gasteiger charge is 2.25. The molecule has 0 unspecified atom stereocenters. The van der Waals surface area contributed by atoms with Gasteiger partial charge in [0.15, 0.2) is 0 Å². The summed E-state index contributed by atoms with van der Waals surface area (Å²) < 4.78 is 13.3. The van der Waals surface area contributed by atoms with Crippen molar-refractivity contribution >= 4 is 5.69 Å². The van der Waals surface area contributed by atoms with Crippen molar-refractivity contribution in [1.29, 1.82) is 0 Å². The number of rotatable bonds is 5. The molecule has 0 radical (unpaired) electrons. The number of anilines is 1. The lowest BCUT2D eigenvalue weighted by Crippen LogP contribution is -2.27. The van der Waals surface area contributed by atoms with Gasteiger partial charge in [-0.2, -0.15) is 0 Å². The van der Waals surface area contributed by atoms with E-state index in [4.69, 9.17) is 6.42 Å². The Bertz CT molecular complexity index is 460. The molecule has 18 heavy (non-hydrogen) atoms. The Balaban J connectivity index is 2.29. The lowest BCUT2D eigenvalue weighted by molar-refractivity contribution is 0.199. The van der Waals surface area contributed by atoms with E-state index in [2.05, 4.69) is 10.8 Å². The van der Waals surface area contributed by atoms with Crippen molar-refractivity contribution in [2.24, 2.45) is 5.92 Å². The normalized spacial score (nSPS) is 16.1. The average Bonchev–Trinajstić information content (AvgIpc) is 3.12. The zero-order chi connectivity index (χ0) is 13.1. The lowest BCUT2D eigenvalue weighted by Gasteiger charge is -2.26. The Kier molecular flexibility index (Phi) is 3.88. The second kappa shape index (κ2) is 5.41. The number of nitrogens with zero attached hydrogens (tertiary/aromatic N) is 1. The summed E-state index contributed by atoms with van der Waals surface area (Å²) in [6.45, 7) is 3.01. The van der Waals surface area contributed by atoms with Crippen molar-refractivity contribution in [2.45, 2.75) is 25.9 Å². The first-order valence-corrected chi connectivity index (χ1v) is 6.27. The quantitative estimate of drug-likeness (QED) is 0.809. The van der Waals surface area contributed by atoms with Crippen LogP contribution in [0.5, 0.6) is 0 Å². The number of benzene rings is 1. The van der Waals surface area contributed by atoms with E-state index in [0.29, 0.717) is 18.0 Å². The van der Waals surface area contributed by atoms with Crippen molar-refractivity contribution in [3.8, 4) is 12.3 Å². The number of hydrogen-bond acceptors (Lipinski definition) is 2. The van der Waals surface area contributed by atoms with Crippen LogP contribution in [0.1, 0.15) is 31.4 Å². The predicted octanol–water partition coefficient (Wildman–Crippen LogP) is 2.73. The second-order valence-corrected chi connectivity index (χ2v) is 4.91. The number of aliphatic hydroxyl groups is 1. The zero-order valence-electron chi connectivity index (χ0n) is 10.6. The number of halogens is 1. The minimum Gasteiger partial charge on any atom is -0.389 e. The van der Waals surface area contributed by atoms with Crippen LogP contribution >= 0.6 is 0 Å². The first-order valence-electron chi connectivity index (χ1n) is 6.27.